The van der Waals surface area contributed by atoms with Crippen LogP contribution in [0.1, 0.15) is 32.1 Å². The molecule has 0 aromatic rings. The number of carbonyl (C=O) groups excluding carboxylic acids is 3. The standard InChI is InChI=1S/C20H36N6O3/c1-23-11-13-25(14-12-23)19(28)16-3-2-8-26(15-16)17-5-9-24(10-6-17)18(27)4-7-22-20(21)29/h16-17H,2-15H2,1H3,(H3,21,22,29)/t16-/m1/s1. The predicted octanol–water partition coefficient (Wildman–Crippen LogP) is -0.478. The van der Waals surface area contributed by atoms with E-state index in [1.54, 1.807) is 0 Å². The molecule has 9 heteroatoms. The maximum atomic E-state index is 13.0. The van der Waals surface area contributed by atoms with Crippen LogP contribution in [0.2, 0.25) is 0 Å². The van der Waals surface area contributed by atoms with Gasteiger partial charge in [-0.2, -0.15) is 0 Å². The number of nitrogens with zero attached hydrogens (tertiary/aromatic N) is 4. The highest BCUT2D eigenvalue weighted by atomic mass is 16.2. The molecule has 0 spiro atoms. The van der Waals surface area contributed by atoms with Crippen LogP contribution in [-0.4, -0.2) is 109 Å². The third kappa shape index (κ3) is 6.05. The number of hydrogen-bond donors (Lipinski definition) is 2. The third-order valence-electron chi connectivity index (χ3n) is 6.59. The highest BCUT2D eigenvalue weighted by molar-refractivity contribution is 5.79. The van der Waals surface area contributed by atoms with Crippen LogP contribution in [-0.2, 0) is 9.59 Å². The number of hydrogen-bond acceptors (Lipinski definition) is 5. The van der Waals surface area contributed by atoms with E-state index < -0.39 is 6.03 Å². The van der Waals surface area contributed by atoms with Crippen molar-refractivity contribution in [2.45, 2.75) is 38.1 Å². The van der Waals surface area contributed by atoms with Gasteiger partial charge in [-0.3, -0.25) is 14.5 Å². The van der Waals surface area contributed by atoms with Crippen molar-refractivity contribution in [3.05, 3.63) is 0 Å². The largest absolute Gasteiger partial charge is 0.352 e. The van der Waals surface area contributed by atoms with Gasteiger partial charge in [-0.25, -0.2) is 4.79 Å². The molecule has 3 N–H and O–H groups in total. The molecule has 4 amide bonds. The van der Waals surface area contributed by atoms with Gasteiger partial charge in [-0.1, -0.05) is 0 Å². The minimum absolute atomic E-state index is 0.0685. The Bertz CT molecular complexity index is 585. The summed E-state index contributed by atoms with van der Waals surface area (Å²) in [5, 5.41) is 2.47. The van der Waals surface area contributed by atoms with E-state index in [4.69, 9.17) is 5.73 Å². The van der Waals surface area contributed by atoms with Crippen LogP contribution in [0.5, 0.6) is 0 Å². The van der Waals surface area contributed by atoms with Crippen molar-refractivity contribution in [3.63, 3.8) is 0 Å². The molecule has 3 rings (SSSR count). The Hall–Kier alpha value is -1.87. The Morgan fingerprint density at radius 2 is 1.62 bits per heavy atom. The summed E-state index contributed by atoms with van der Waals surface area (Å²) in [6.45, 7) is 7.29. The first kappa shape index (κ1) is 21.8. The highest BCUT2D eigenvalue weighted by Crippen LogP contribution is 2.25. The molecule has 0 bridgehead atoms. The fourth-order valence-electron chi connectivity index (χ4n) is 4.76. The van der Waals surface area contributed by atoms with Gasteiger partial charge < -0.3 is 25.8 Å². The molecule has 29 heavy (non-hydrogen) atoms. The van der Waals surface area contributed by atoms with E-state index in [2.05, 4.69) is 27.1 Å². The quantitative estimate of drug-likeness (QED) is 0.640. The number of likely N-dealkylation sites (N-methyl/N-ethyl adjacent to an activating group) is 1. The van der Waals surface area contributed by atoms with Crippen molar-refractivity contribution in [2.75, 3.05) is 66.0 Å². The van der Waals surface area contributed by atoms with Gasteiger partial charge in [-0.05, 0) is 39.3 Å². The summed E-state index contributed by atoms with van der Waals surface area (Å²) in [4.78, 5) is 44.6. The second kappa shape index (κ2) is 10.2. The average molecular weight is 409 g/mol. The lowest BCUT2D eigenvalue weighted by Gasteiger charge is -2.43. The first-order chi connectivity index (χ1) is 13.9. The lowest BCUT2D eigenvalue weighted by molar-refractivity contribution is -0.139. The topological polar surface area (TPSA) is 102 Å². The van der Waals surface area contributed by atoms with Gasteiger partial charge in [0.05, 0.1) is 5.92 Å². The van der Waals surface area contributed by atoms with Gasteiger partial charge >= 0.3 is 6.03 Å². The average Bonchev–Trinajstić information content (AvgIpc) is 2.73. The summed E-state index contributed by atoms with van der Waals surface area (Å²) >= 11 is 0. The van der Waals surface area contributed by atoms with Crippen LogP contribution < -0.4 is 11.1 Å². The summed E-state index contributed by atoms with van der Waals surface area (Å²) in [6, 6.07) is -0.145. The molecule has 164 valence electrons. The molecule has 0 radical (unpaired) electrons. The van der Waals surface area contributed by atoms with Gasteiger partial charge in [0.2, 0.25) is 11.8 Å². The second-order valence-electron chi connectivity index (χ2n) is 8.62. The van der Waals surface area contributed by atoms with E-state index in [0.29, 0.717) is 18.4 Å². The first-order valence-corrected chi connectivity index (χ1v) is 11.0. The summed E-state index contributed by atoms with van der Waals surface area (Å²) in [5.41, 5.74) is 5.03. The summed E-state index contributed by atoms with van der Waals surface area (Å²) < 4.78 is 0. The Balaban J connectivity index is 1.43. The van der Waals surface area contributed by atoms with E-state index >= 15 is 0 Å². The summed E-state index contributed by atoms with van der Waals surface area (Å²) in [7, 11) is 2.11. The van der Waals surface area contributed by atoms with Crippen molar-refractivity contribution in [2.24, 2.45) is 11.7 Å². The minimum atomic E-state index is -0.595. The van der Waals surface area contributed by atoms with Gasteiger partial charge in [0.15, 0.2) is 0 Å². The van der Waals surface area contributed by atoms with Gasteiger partial charge in [0, 0.05) is 64.8 Å². The number of urea groups is 1. The van der Waals surface area contributed by atoms with Crippen LogP contribution in [0.3, 0.4) is 0 Å². The van der Waals surface area contributed by atoms with Crippen LogP contribution in [0.25, 0.3) is 0 Å². The Kier molecular flexibility index (Phi) is 7.71. The fraction of sp³-hybridized carbons (Fsp3) is 0.850. The van der Waals surface area contributed by atoms with E-state index in [0.717, 1.165) is 78.0 Å². The first-order valence-electron chi connectivity index (χ1n) is 11.0. The fourth-order valence-corrected chi connectivity index (χ4v) is 4.76. The Labute approximate surface area is 173 Å². The van der Waals surface area contributed by atoms with E-state index in [-0.39, 0.29) is 18.4 Å². The lowest BCUT2D eigenvalue weighted by Crippen LogP contribution is -2.54. The Morgan fingerprint density at radius 3 is 2.28 bits per heavy atom. The van der Waals surface area contributed by atoms with Crippen molar-refractivity contribution in [1.29, 1.82) is 0 Å². The Morgan fingerprint density at radius 1 is 0.931 bits per heavy atom. The number of carbonyl (C=O) groups is 3. The number of piperidine rings is 2. The molecular weight excluding hydrogens is 372 g/mol. The maximum absolute atomic E-state index is 13.0. The van der Waals surface area contributed by atoms with E-state index in [1.165, 1.54) is 0 Å². The molecule has 9 nitrogen and oxygen atoms in total. The number of piperazine rings is 1. The molecule has 3 aliphatic heterocycles. The summed E-state index contributed by atoms with van der Waals surface area (Å²) in [6.07, 6.45) is 4.25. The highest BCUT2D eigenvalue weighted by Gasteiger charge is 2.34. The SMILES string of the molecule is CN1CCN(C(=O)[C@@H]2CCCN(C3CCN(C(=O)CCNC(N)=O)CC3)C2)CC1. The zero-order valence-electron chi connectivity index (χ0n) is 17.6. The van der Waals surface area contributed by atoms with Crippen LogP contribution in [0.4, 0.5) is 4.79 Å². The van der Waals surface area contributed by atoms with Gasteiger partial charge in [0.25, 0.3) is 0 Å². The lowest BCUT2D eigenvalue weighted by atomic mass is 9.92. The molecule has 3 fully saturated rings. The molecular formula is C20H36N6O3. The van der Waals surface area contributed by atoms with Crippen LogP contribution in [0, 0.1) is 5.92 Å². The predicted molar refractivity (Wildman–Crippen MR) is 110 cm³/mol. The molecule has 0 unspecified atom stereocenters. The van der Waals surface area contributed by atoms with Crippen LogP contribution >= 0.6 is 0 Å². The number of nitrogens with two attached hydrogens (primary N) is 1. The van der Waals surface area contributed by atoms with Gasteiger partial charge in [0.1, 0.15) is 0 Å². The van der Waals surface area contributed by atoms with Crippen molar-refractivity contribution in [3.8, 4) is 0 Å². The zero-order valence-corrected chi connectivity index (χ0v) is 17.6. The molecule has 1 atom stereocenters. The molecule has 0 aromatic carbocycles. The van der Waals surface area contributed by atoms with E-state index in [9.17, 15) is 14.4 Å². The molecule has 3 heterocycles. The number of likely N-dealkylation sites (tertiary alicyclic amines) is 2. The smallest absolute Gasteiger partial charge is 0.312 e. The third-order valence-corrected chi connectivity index (χ3v) is 6.59. The maximum Gasteiger partial charge on any atom is 0.312 e. The van der Waals surface area contributed by atoms with Crippen molar-refractivity contribution >= 4 is 17.8 Å². The summed E-state index contributed by atoms with van der Waals surface area (Å²) in [5.74, 6) is 0.517. The van der Waals surface area contributed by atoms with Crippen molar-refractivity contribution < 1.29 is 14.4 Å². The zero-order chi connectivity index (χ0) is 20.8. The van der Waals surface area contributed by atoms with E-state index in [1.807, 2.05) is 4.90 Å². The molecule has 0 saturated carbocycles. The number of nitrogens with one attached hydrogen (secondary N) is 1. The van der Waals surface area contributed by atoms with Gasteiger partial charge in [-0.15, -0.1) is 0 Å². The molecule has 0 aromatic heterocycles. The molecule has 3 aliphatic rings. The second-order valence-corrected chi connectivity index (χ2v) is 8.62. The minimum Gasteiger partial charge on any atom is -0.352 e. The van der Waals surface area contributed by atoms with Crippen LogP contribution in [0.15, 0.2) is 0 Å². The number of amides is 4. The monoisotopic (exact) mass is 408 g/mol. The number of primary amides is 1. The number of rotatable bonds is 5. The normalized spacial score (nSPS) is 25.1. The molecule has 0 aliphatic carbocycles. The molecule has 3 saturated heterocycles. The van der Waals surface area contributed by atoms with Crippen molar-refractivity contribution in [1.82, 2.24) is 24.9 Å².